The number of fused-ring (bicyclic) bond motifs is 1. The second-order valence-electron chi connectivity index (χ2n) is 15.5. The average molecular weight is 857 g/mol. The Bertz CT molecular complexity index is 1940. The maximum atomic E-state index is 12.9. The largest absolute Gasteiger partial charge is 0.493 e. The van der Waals surface area contributed by atoms with Gasteiger partial charge in [-0.05, 0) is 52.6 Å². The lowest BCUT2D eigenvalue weighted by molar-refractivity contribution is -0.947. The van der Waals surface area contributed by atoms with E-state index < -0.39 is 11.9 Å². The van der Waals surface area contributed by atoms with Gasteiger partial charge in [0.1, 0.15) is 30.7 Å². The first-order valence-corrected chi connectivity index (χ1v) is 20.7. The summed E-state index contributed by atoms with van der Waals surface area (Å²) in [5.74, 6) is 1.48. The SMILES string of the molecule is COc1ccc(C[C@@H]2c3cc(CO)c(CO)cc3CC[N@@+]2(C)CCCOC(=O)C(Cl)=CC(=O)OCCC[N+]2(Cc3cc(OC)c(OC)c(OC)c3)CCOCC2)cc1OC. The normalized spacial score (nSPS) is 18.6. The van der Waals surface area contributed by atoms with Crippen molar-refractivity contribution in [2.75, 3.05) is 102 Å². The summed E-state index contributed by atoms with van der Waals surface area (Å²) in [6.07, 6.45) is 3.55. The molecule has 2 atom stereocenters. The molecule has 3 aromatic rings. The van der Waals surface area contributed by atoms with Crippen molar-refractivity contribution in [3.8, 4) is 28.7 Å². The number of benzene rings is 3. The summed E-state index contributed by atoms with van der Waals surface area (Å²) >= 11 is 6.25. The van der Waals surface area contributed by atoms with Crippen LogP contribution >= 0.6 is 11.6 Å². The number of hydrogen-bond donors (Lipinski definition) is 2. The third-order valence-corrected chi connectivity index (χ3v) is 12.1. The summed E-state index contributed by atoms with van der Waals surface area (Å²) in [5.41, 5.74) is 5.76. The summed E-state index contributed by atoms with van der Waals surface area (Å²) < 4.78 is 45.7. The predicted molar refractivity (Wildman–Crippen MR) is 224 cm³/mol. The first kappa shape index (κ1) is 46.5. The third kappa shape index (κ3) is 11.4. The third-order valence-electron chi connectivity index (χ3n) is 11.9. The first-order chi connectivity index (χ1) is 28.9. The van der Waals surface area contributed by atoms with Crippen LogP contribution in [0.25, 0.3) is 0 Å². The Hall–Kier alpha value is -4.57. The molecule has 0 aromatic heterocycles. The average Bonchev–Trinajstić information content (AvgIpc) is 3.26. The molecule has 0 bridgehead atoms. The molecule has 1 saturated heterocycles. The Balaban J connectivity index is 1.16. The molecule has 2 aliphatic heterocycles. The number of halogens is 1. The van der Waals surface area contributed by atoms with Crippen LogP contribution in [-0.4, -0.2) is 133 Å². The van der Waals surface area contributed by atoms with Crippen molar-refractivity contribution in [3.63, 3.8) is 0 Å². The Morgan fingerprint density at radius 1 is 0.767 bits per heavy atom. The Kier molecular flexibility index (Phi) is 16.9. The molecule has 2 aliphatic rings. The van der Waals surface area contributed by atoms with Crippen molar-refractivity contribution < 1.29 is 66.7 Å². The van der Waals surface area contributed by atoms with E-state index in [4.69, 9.17) is 49.5 Å². The number of esters is 2. The van der Waals surface area contributed by atoms with Gasteiger partial charge in [-0.25, -0.2) is 9.59 Å². The highest BCUT2D eigenvalue weighted by atomic mass is 35.5. The molecule has 0 radical (unpaired) electrons. The lowest BCUT2D eigenvalue weighted by atomic mass is 9.84. The maximum absolute atomic E-state index is 12.9. The number of morpholine rings is 1. The van der Waals surface area contributed by atoms with Crippen molar-refractivity contribution >= 4 is 23.5 Å². The molecule has 14 nitrogen and oxygen atoms in total. The molecule has 328 valence electrons. The molecule has 0 amide bonds. The van der Waals surface area contributed by atoms with E-state index in [1.807, 2.05) is 42.5 Å². The van der Waals surface area contributed by atoms with Gasteiger partial charge in [0, 0.05) is 42.9 Å². The quantitative estimate of drug-likeness (QED) is 0.0641. The molecule has 60 heavy (non-hydrogen) atoms. The monoisotopic (exact) mass is 856 g/mol. The van der Waals surface area contributed by atoms with Gasteiger partial charge in [0.15, 0.2) is 23.0 Å². The van der Waals surface area contributed by atoms with Crippen LogP contribution in [0.3, 0.4) is 0 Å². The van der Waals surface area contributed by atoms with Gasteiger partial charge in [-0.15, -0.1) is 0 Å². The lowest BCUT2D eigenvalue weighted by Gasteiger charge is -2.46. The van der Waals surface area contributed by atoms with E-state index in [2.05, 4.69) is 7.05 Å². The standard InChI is InChI=1S/C45H61ClN2O12/c1-47(14-11-33-25-34(29-49)35(30-50)26-36(33)38(47)21-31-9-10-39(53-2)40(22-31)54-3)12-7-18-60-45(52)37(46)27-43(51)59-17-8-13-48(15-19-58-20-16-48)28-32-23-41(55-4)44(57-6)42(24-32)56-5/h9-10,22-27,38,49-50H,7-8,11-21,28-30H2,1-6H3/q+2/t38-,47-/m1/s1. The van der Waals surface area contributed by atoms with Crippen LogP contribution in [0, 0.1) is 0 Å². The van der Waals surface area contributed by atoms with Crippen molar-refractivity contribution in [3.05, 3.63) is 87.0 Å². The fraction of sp³-hybridized carbons (Fsp3) is 0.511. The van der Waals surface area contributed by atoms with Crippen LogP contribution in [0.2, 0.25) is 0 Å². The van der Waals surface area contributed by atoms with E-state index in [1.165, 1.54) is 0 Å². The number of quaternary nitrogens is 2. The van der Waals surface area contributed by atoms with Gasteiger partial charge in [0.25, 0.3) is 0 Å². The smallest absolute Gasteiger partial charge is 0.350 e. The highest BCUT2D eigenvalue weighted by molar-refractivity contribution is 6.42. The summed E-state index contributed by atoms with van der Waals surface area (Å²) in [6.45, 7) is 5.67. The van der Waals surface area contributed by atoms with Crippen LogP contribution in [0.5, 0.6) is 28.7 Å². The van der Waals surface area contributed by atoms with E-state index >= 15 is 0 Å². The van der Waals surface area contributed by atoms with Crippen molar-refractivity contribution in [1.29, 1.82) is 0 Å². The van der Waals surface area contributed by atoms with Gasteiger partial charge in [-0.3, -0.25) is 0 Å². The number of methoxy groups -OCH3 is 5. The zero-order valence-electron chi connectivity index (χ0n) is 35.8. The van der Waals surface area contributed by atoms with Crippen molar-refractivity contribution in [2.45, 2.75) is 51.5 Å². The first-order valence-electron chi connectivity index (χ1n) is 20.3. The predicted octanol–water partition coefficient (Wildman–Crippen LogP) is 5.04. The van der Waals surface area contributed by atoms with Crippen LogP contribution in [0.1, 0.15) is 52.3 Å². The number of hydrogen-bond acceptors (Lipinski definition) is 12. The molecule has 0 unspecified atom stereocenters. The van der Waals surface area contributed by atoms with Gasteiger partial charge in [-0.1, -0.05) is 23.7 Å². The fourth-order valence-corrected chi connectivity index (χ4v) is 8.66. The van der Waals surface area contributed by atoms with E-state index in [1.54, 1.807) is 35.5 Å². The molecular weight excluding hydrogens is 796 g/mol. The number of nitrogens with zero attached hydrogens (tertiary/aromatic N) is 2. The van der Waals surface area contributed by atoms with Gasteiger partial charge >= 0.3 is 11.9 Å². The van der Waals surface area contributed by atoms with Crippen LogP contribution < -0.4 is 23.7 Å². The molecular formula is C45H61ClN2O12+2. The minimum absolute atomic E-state index is 0.00607. The number of aliphatic hydroxyl groups is 2. The molecule has 5 rings (SSSR count). The lowest BCUT2D eigenvalue weighted by Crippen LogP contribution is -2.55. The van der Waals surface area contributed by atoms with E-state index in [0.717, 1.165) is 71.0 Å². The van der Waals surface area contributed by atoms with Crippen LogP contribution in [-0.2, 0) is 56.4 Å². The molecule has 3 aromatic carbocycles. The van der Waals surface area contributed by atoms with Crippen LogP contribution in [0.15, 0.2) is 53.6 Å². The number of carbonyl (C=O) groups is 2. The summed E-state index contributed by atoms with van der Waals surface area (Å²) in [4.78, 5) is 25.6. The van der Waals surface area contributed by atoms with Crippen molar-refractivity contribution in [1.82, 2.24) is 0 Å². The van der Waals surface area contributed by atoms with Gasteiger partial charge in [-0.2, -0.15) is 0 Å². The number of likely N-dealkylation sites (N-methyl/N-ethyl adjacent to an activating group) is 1. The Morgan fingerprint density at radius 2 is 1.38 bits per heavy atom. The molecule has 2 N–H and O–H groups in total. The van der Waals surface area contributed by atoms with Gasteiger partial charge < -0.3 is 57.1 Å². The van der Waals surface area contributed by atoms with E-state index in [0.29, 0.717) is 84.4 Å². The molecule has 0 saturated carbocycles. The molecule has 2 heterocycles. The second kappa shape index (κ2) is 21.8. The Labute approximate surface area is 358 Å². The van der Waals surface area contributed by atoms with Gasteiger partial charge in [0.05, 0.1) is 102 Å². The topological polar surface area (TPSA) is 148 Å². The van der Waals surface area contributed by atoms with E-state index in [9.17, 15) is 19.8 Å². The zero-order chi connectivity index (χ0) is 43.3. The summed E-state index contributed by atoms with van der Waals surface area (Å²) in [6, 6.07) is 13.8. The molecule has 15 heteroatoms. The molecule has 1 fully saturated rings. The number of aliphatic hydroxyl groups excluding tert-OH is 2. The molecule has 0 aliphatic carbocycles. The molecule has 0 spiro atoms. The number of carbonyl (C=O) groups excluding carboxylic acids is 2. The minimum Gasteiger partial charge on any atom is -0.493 e. The van der Waals surface area contributed by atoms with E-state index in [-0.39, 0.29) is 37.5 Å². The number of rotatable bonds is 21. The van der Waals surface area contributed by atoms with Crippen LogP contribution in [0.4, 0.5) is 0 Å². The second-order valence-corrected chi connectivity index (χ2v) is 15.9. The maximum Gasteiger partial charge on any atom is 0.350 e. The zero-order valence-corrected chi connectivity index (χ0v) is 36.5. The number of ether oxygens (including phenoxy) is 8. The van der Waals surface area contributed by atoms with Gasteiger partial charge in [0.2, 0.25) is 5.75 Å². The highest BCUT2D eigenvalue weighted by Crippen LogP contribution is 2.41. The highest BCUT2D eigenvalue weighted by Gasteiger charge is 2.40. The van der Waals surface area contributed by atoms with Crippen molar-refractivity contribution in [2.24, 2.45) is 0 Å². The minimum atomic E-state index is -0.797. The summed E-state index contributed by atoms with van der Waals surface area (Å²) in [5, 5.41) is 19.8. The Morgan fingerprint density at radius 3 is 2.02 bits per heavy atom. The summed E-state index contributed by atoms with van der Waals surface area (Å²) in [7, 11) is 10.2. The fourth-order valence-electron chi connectivity index (χ4n) is 8.52.